The summed E-state index contributed by atoms with van der Waals surface area (Å²) in [6.07, 6.45) is 11.4. The van der Waals surface area contributed by atoms with Gasteiger partial charge in [-0.25, -0.2) is 9.97 Å². The van der Waals surface area contributed by atoms with Gasteiger partial charge in [0, 0.05) is 23.2 Å². The highest BCUT2D eigenvalue weighted by Gasteiger charge is 2.22. The third kappa shape index (κ3) is 3.02. The molecule has 4 heteroatoms. The minimum atomic E-state index is 0.570. The lowest BCUT2D eigenvalue weighted by Crippen LogP contribution is -2.28. The Morgan fingerprint density at radius 1 is 1.11 bits per heavy atom. The number of alkyl halides is 1. The molecular formula is C15H22ClN3. The largest absolute Gasteiger partial charge is 0.367 e. The first-order valence-corrected chi connectivity index (χ1v) is 8.05. The van der Waals surface area contributed by atoms with Crippen molar-refractivity contribution in [2.24, 2.45) is 5.92 Å². The van der Waals surface area contributed by atoms with Gasteiger partial charge < -0.3 is 5.32 Å². The Balaban J connectivity index is 1.67. The van der Waals surface area contributed by atoms with E-state index in [9.17, 15) is 0 Å². The van der Waals surface area contributed by atoms with E-state index in [0.717, 1.165) is 30.5 Å². The maximum Gasteiger partial charge on any atom is 0.133 e. The number of aryl methyl sites for hydroxylation is 1. The maximum atomic E-state index is 5.94. The Bertz CT molecular complexity index is 427. The molecule has 0 radical (unpaired) electrons. The van der Waals surface area contributed by atoms with Gasteiger partial charge in [-0.05, 0) is 57.3 Å². The predicted octanol–water partition coefficient (Wildman–Crippen LogP) is 3.56. The molecule has 0 bridgehead atoms. The minimum absolute atomic E-state index is 0.570. The fourth-order valence-corrected chi connectivity index (χ4v) is 3.61. The molecule has 0 saturated heterocycles. The van der Waals surface area contributed by atoms with Gasteiger partial charge in [0.15, 0.2) is 0 Å². The number of nitrogens with one attached hydrogen (secondary N) is 1. The number of rotatable bonds is 3. The van der Waals surface area contributed by atoms with E-state index in [1.807, 2.05) is 0 Å². The molecule has 1 saturated carbocycles. The Kier molecular flexibility index (Phi) is 4.21. The van der Waals surface area contributed by atoms with Crippen LogP contribution in [0.25, 0.3) is 0 Å². The summed E-state index contributed by atoms with van der Waals surface area (Å²) in [5.74, 6) is 2.63. The quantitative estimate of drug-likeness (QED) is 0.860. The summed E-state index contributed by atoms with van der Waals surface area (Å²) in [5.41, 5.74) is 2.63. The number of aromatic nitrogens is 2. The molecule has 0 atom stereocenters. The second-order valence-corrected chi connectivity index (χ2v) is 6.18. The Morgan fingerprint density at radius 2 is 1.89 bits per heavy atom. The van der Waals surface area contributed by atoms with Gasteiger partial charge in [-0.1, -0.05) is 0 Å². The Labute approximate surface area is 120 Å². The van der Waals surface area contributed by atoms with Crippen LogP contribution in [0.15, 0.2) is 6.33 Å². The maximum absolute atomic E-state index is 5.94. The third-order valence-corrected chi connectivity index (χ3v) is 4.97. The van der Waals surface area contributed by atoms with Crippen molar-refractivity contribution in [2.75, 3.05) is 11.2 Å². The fraction of sp³-hybridized carbons (Fsp3) is 0.733. The average Bonchev–Trinajstić information content (AvgIpc) is 2.48. The summed E-state index contributed by atoms with van der Waals surface area (Å²) in [5, 5.41) is 3.66. The molecule has 3 nitrogen and oxygen atoms in total. The number of anilines is 1. The van der Waals surface area contributed by atoms with E-state index in [0.29, 0.717) is 6.04 Å². The smallest absolute Gasteiger partial charge is 0.133 e. The van der Waals surface area contributed by atoms with Crippen molar-refractivity contribution in [3.05, 3.63) is 17.6 Å². The van der Waals surface area contributed by atoms with E-state index in [2.05, 4.69) is 15.3 Å². The van der Waals surface area contributed by atoms with Gasteiger partial charge in [0.05, 0.1) is 0 Å². The number of hydrogen-bond acceptors (Lipinski definition) is 3. The van der Waals surface area contributed by atoms with Crippen LogP contribution in [0.3, 0.4) is 0 Å². The molecule has 0 unspecified atom stereocenters. The van der Waals surface area contributed by atoms with Crippen LogP contribution < -0.4 is 5.32 Å². The summed E-state index contributed by atoms with van der Waals surface area (Å²) in [4.78, 5) is 8.91. The molecule has 104 valence electrons. The first kappa shape index (κ1) is 13.2. The molecule has 2 aliphatic carbocycles. The average molecular weight is 280 g/mol. The van der Waals surface area contributed by atoms with Crippen LogP contribution in [0.4, 0.5) is 5.82 Å². The highest BCUT2D eigenvalue weighted by molar-refractivity contribution is 6.18. The normalized spacial score (nSPS) is 26.8. The van der Waals surface area contributed by atoms with Crippen LogP contribution in [-0.4, -0.2) is 21.9 Å². The van der Waals surface area contributed by atoms with Gasteiger partial charge >= 0.3 is 0 Å². The lowest BCUT2D eigenvalue weighted by atomic mass is 9.87. The fourth-order valence-electron chi connectivity index (χ4n) is 3.30. The molecule has 2 aliphatic rings. The van der Waals surface area contributed by atoms with E-state index < -0.39 is 0 Å². The Morgan fingerprint density at radius 3 is 2.68 bits per heavy atom. The van der Waals surface area contributed by atoms with Crippen molar-refractivity contribution in [2.45, 2.75) is 57.4 Å². The monoisotopic (exact) mass is 279 g/mol. The topological polar surface area (TPSA) is 37.8 Å². The van der Waals surface area contributed by atoms with Crippen LogP contribution in [0, 0.1) is 5.92 Å². The molecule has 0 aromatic carbocycles. The molecule has 1 fully saturated rings. The first-order chi connectivity index (χ1) is 9.36. The van der Waals surface area contributed by atoms with Crippen LogP contribution in [0.5, 0.6) is 0 Å². The summed E-state index contributed by atoms with van der Waals surface area (Å²) in [6, 6.07) is 0.570. The van der Waals surface area contributed by atoms with E-state index >= 15 is 0 Å². The first-order valence-electron chi connectivity index (χ1n) is 7.52. The number of halogens is 1. The zero-order valence-corrected chi connectivity index (χ0v) is 12.1. The highest BCUT2D eigenvalue weighted by Crippen LogP contribution is 2.29. The molecular weight excluding hydrogens is 258 g/mol. The van der Waals surface area contributed by atoms with Crippen molar-refractivity contribution < 1.29 is 0 Å². The van der Waals surface area contributed by atoms with E-state index in [1.165, 1.54) is 49.8 Å². The highest BCUT2D eigenvalue weighted by atomic mass is 35.5. The lowest BCUT2D eigenvalue weighted by Gasteiger charge is -2.29. The summed E-state index contributed by atoms with van der Waals surface area (Å²) in [7, 11) is 0. The van der Waals surface area contributed by atoms with Gasteiger partial charge in [-0.3, -0.25) is 0 Å². The number of fused-ring (bicyclic) bond motifs is 1. The van der Waals surface area contributed by atoms with Gasteiger partial charge in [-0.2, -0.15) is 0 Å². The van der Waals surface area contributed by atoms with Crippen LogP contribution >= 0.6 is 11.6 Å². The van der Waals surface area contributed by atoms with Gasteiger partial charge in [0.25, 0.3) is 0 Å². The van der Waals surface area contributed by atoms with Gasteiger partial charge in [0.1, 0.15) is 12.1 Å². The summed E-state index contributed by atoms with van der Waals surface area (Å²) < 4.78 is 0. The third-order valence-electron chi connectivity index (χ3n) is 4.53. The zero-order chi connectivity index (χ0) is 13.1. The van der Waals surface area contributed by atoms with Crippen LogP contribution in [-0.2, 0) is 12.8 Å². The molecule has 1 heterocycles. The standard InChI is InChI=1S/C15H22ClN3/c16-9-11-5-7-12(8-6-11)19-15-13-3-1-2-4-14(13)17-10-18-15/h10-12H,1-9H2,(H,17,18,19). The molecule has 1 aromatic rings. The molecule has 1 N–H and O–H groups in total. The SMILES string of the molecule is ClCC1CCC(Nc2ncnc3c2CCCC3)CC1. The molecule has 1 aromatic heterocycles. The minimum Gasteiger partial charge on any atom is -0.367 e. The molecule has 0 aliphatic heterocycles. The van der Waals surface area contributed by atoms with Gasteiger partial charge in [-0.15, -0.1) is 11.6 Å². The van der Waals surface area contributed by atoms with Crippen LogP contribution in [0.2, 0.25) is 0 Å². The van der Waals surface area contributed by atoms with E-state index in [-0.39, 0.29) is 0 Å². The van der Waals surface area contributed by atoms with Crippen molar-refractivity contribution in [3.63, 3.8) is 0 Å². The number of hydrogen-bond donors (Lipinski definition) is 1. The van der Waals surface area contributed by atoms with Gasteiger partial charge in [0.2, 0.25) is 0 Å². The number of nitrogens with zero attached hydrogens (tertiary/aromatic N) is 2. The molecule has 19 heavy (non-hydrogen) atoms. The van der Waals surface area contributed by atoms with E-state index in [4.69, 9.17) is 11.6 Å². The van der Waals surface area contributed by atoms with Crippen molar-refractivity contribution in [1.82, 2.24) is 9.97 Å². The van der Waals surface area contributed by atoms with Crippen molar-refractivity contribution in [3.8, 4) is 0 Å². The molecule has 3 rings (SSSR count). The summed E-state index contributed by atoms with van der Waals surface area (Å²) >= 11 is 5.94. The predicted molar refractivity (Wildman–Crippen MR) is 78.8 cm³/mol. The van der Waals surface area contributed by atoms with Crippen molar-refractivity contribution in [1.29, 1.82) is 0 Å². The van der Waals surface area contributed by atoms with Crippen molar-refractivity contribution >= 4 is 17.4 Å². The molecule has 0 spiro atoms. The Hall–Kier alpha value is -0.830. The summed E-state index contributed by atoms with van der Waals surface area (Å²) in [6.45, 7) is 0. The lowest BCUT2D eigenvalue weighted by molar-refractivity contribution is 0.364. The second kappa shape index (κ2) is 6.08. The second-order valence-electron chi connectivity index (χ2n) is 5.87. The van der Waals surface area contributed by atoms with Crippen LogP contribution in [0.1, 0.15) is 49.8 Å². The zero-order valence-electron chi connectivity index (χ0n) is 11.4. The molecule has 0 amide bonds. The van der Waals surface area contributed by atoms with E-state index in [1.54, 1.807) is 6.33 Å².